The molecule has 1 fully saturated rings. The van der Waals surface area contributed by atoms with E-state index in [1.54, 1.807) is 18.0 Å². The molecule has 0 bridgehead atoms. The molecule has 0 aliphatic heterocycles. The zero-order valence-corrected chi connectivity index (χ0v) is 16.6. The summed E-state index contributed by atoms with van der Waals surface area (Å²) in [5.41, 5.74) is 2.14. The normalized spacial score (nSPS) is 13.4. The minimum Gasteiger partial charge on any atom is -0.457 e. The highest BCUT2D eigenvalue weighted by atomic mass is 32.2. The van der Waals surface area contributed by atoms with Gasteiger partial charge >= 0.3 is 0 Å². The first-order valence-corrected chi connectivity index (χ1v) is 10.7. The van der Waals surface area contributed by atoms with Crippen LogP contribution >= 0.6 is 11.8 Å². The van der Waals surface area contributed by atoms with Crippen LogP contribution in [-0.4, -0.2) is 19.7 Å². The van der Waals surface area contributed by atoms with Gasteiger partial charge in [0.2, 0.25) is 0 Å². The minimum absolute atomic E-state index is 0.485. The van der Waals surface area contributed by atoms with Crippen LogP contribution in [0.5, 0.6) is 11.5 Å². The number of ether oxygens (including phenoxy) is 1. The molecule has 5 rings (SSSR count). The Morgan fingerprint density at radius 1 is 0.931 bits per heavy atom. The molecule has 0 unspecified atom stereocenters. The highest BCUT2D eigenvalue weighted by molar-refractivity contribution is 7.98. The lowest BCUT2D eigenvalue weighted by atomic mass is 10.2. The summed E-state index contributed by atoms with van der Waals surface area (Å²) in [6.45, 7) is 0. The summed E-state index contributed by atoms with van der Waals surface area (Å²) in [6, 6.07) is 22.5. The fraction of sp³-hybridized carbons (Fsp3) is 0.174. The highest BCUT2D eigenvalue weighted by Gasteiger charge is 2.30. The number of nitrogens with zero attached hydrogens (tertiary/aromatic N) is 4. The molecule has 0 saturated heterocycles. The molecule has 1 aliphatic carbocycles. The summed E-state index contributed by atoms with van der Waals surface area (Å²) in [7, 11) is 0. The van der Waals surface area contributed by atoms with Gasteiger partial charge in [-0.3, -0.25) is 9.55 Å². The van der Waals surface area contributed by atoms with E-state index in [0.717, 1.165) is 39.4 Å². The smallest absolute Gasteiger partial charge is 0.192 e. The van der Waals surface area contributed by atoms with Crippen molar-refractivity contribution in [2.45, 2.75) is 29.8 Å². The third kappa shape index (κ3) is 4.03. The summed E-state index contributed by atoms with van der Waals surface area (Å²) in [5.74, 6) is 3.37. The first-order valence-electron chi connectivity index (χ1n) is 9.67. The first kappa shape index (κ1) is 17.9. The second kappa shape index (κ2) is 8.09. The van der Waals surface area contributed by atoms with Crippen LogP contribution in [0.2, 0.25) is 0 Å². The lowest BCUT2D eigenvalue weighted by molar-refractivity contribution is 0.478. The Bertz CT molecular complexity index is 1090. The quantitative estimate of drug-likeness (QED) is 0.369. The fourth-order valence-corrected chi connectivity index (χ4v) is 4.21. The van der Waals surface area contributed by atoms with Gasteiger partial charge in [-0.05, 0) is 43.2 Å². The van der Waals surface area contributed by atoms with Crippen molar-refractivity contribution in [1.82, 2.24) is 19.7 Å². The molecule has 1 saturated carbocycles. The number of hydrogen-bond donors (Lipinski definition) is 0. The van der Waals surface area contributed by atoms with E-state index in [9.17, 15) is 0 Å². The number of rotatable bonds is 7. The predicted molar refractivity (Wildman–Crippen MR) is 114 cm³/mol. The van der Waals surface area contributed by atoms with Gasteiger partial charge in [0.1, 0.15) is 11.5 Å². The van der Waals surface area contributed by atoms with Gasteiger partial charge < -0.3 is 4.74 Å². The third-order valence-corrected chi connectivity index (χ3v) is 5.79. The van der Waals surface area contributed by atoms with Crippen LogP contribution in [0.4, 0.5) is 0 Å². The van der Waals surface area contributed by atoms with Crippen LogP contribution in [0.15, 0.2) is 84.3 Å². The maximum Gasteiger partial charge on any atom is 0.192 e. The molecule has 2 aromatic heterocycles. The van der Waals surface area contributed by atoms with E-state index in [-0.39, 0.29) is 0 Å². The number of para-hydroxylation sites is 2. The molecule has 0 radical (unpaired) electrons. The molecule has 4 aromatic rings. The summed E-state index contributed by atoms with van der Waals surface area (Å²) in [5, 5.41) is 9.91. The van der Waals surface area contributed by atoms with Crippen molar-refractivity contribution in [2.75, 3.05) is 0 Å². The van der Waals surface area contributed by atoms with E-state index < -0.39 is 0 Å². The summed E-state index contributed by atoms with van der Waals surface area (Å²) in [4.78, 5) is 4.23. The Morgan fingerprint density at radius 2 is 1.76 bits per heavy atom. The SMILES string of the molecule is c1ccc(Oc2ccccc2CSc2nnc(-c3cccnc3)n2C2CC2)cc1. The maximum absolute atomic E-state index is 6.10. The van der Waals surface area contributed by atoms with Gasteiger partial charge in [0.15, 0.2) is 11.0 Å². The lowest BCUT2D eigenvalue weighted by Gasteiger charge is -2.12. The molecule has 2 heterocycles. The average molecular weight is 401 g/mol. The molecule has 1 aliphatic rings. The average Bonchev–Trinajstić information content (AvgIpc) is 3.53. The van der Waals surface area contributed by atoms with Gasteiger partial charge in [0.05, 0.1) is 0 Å². The van der Waals surface area contributed by atoms with E-state index >= 15 is 0 Å². The van der Waals surface area contributed by atoms with Gasteiger partial charge in [-0.2, -0.15) is 0 Å². The molecule has 0 atom stereocenters. The molecular formula is C23H20N4OS. The van der Waals surface area contributed by atoms with Crippen molar-refractivity contribution in [1.29, 1.82) is 0 Å². The molecule has 2 aromatic carbocycles. The largest absolute Gasteiger partial charge is 0.457 e. The van der Waals surface area contributed by atoms with Gasteiger partial charge in [-0.15, -0.1) is 10.2 Å². The topological polar surface area (TPSA) is 52.8 Å². The fourth-order valence-electron chi connectivity index (χ4n) is 3.21. The minimum atomic E-state index is 0.485. The van der Waals surface area contributed by atoms with Crippen molar-refractivity contribution in [2.24, 2.45) is 0 Å². The van der Waals surface area contributed by atoms with E-state index in [2.05, 4.69) is 25.8 Å². The summed E-state index contributed by atoms with van der Waals surface area (Å²) >= 11 is 1.70. The molecule has 5 nitrogen and oxygen atoms in total. The summed E-state index contributed by atoms with van der Waals surface area (Å²) < 4.78 is 8.36. The second-order valence-electron chi connectivity index (χ2n) is 6.96. The standard InChI is InChI=1S/C23H20N4OS/c1-2-9-20(10-3-1)28-21-11-5-4-7-18(21)16-29-23-26-25-22(27(23)19-12-13-19)17-8-6-14-24-15-17/h1-11,14-15,19H,12-13,16H2. The first-order chi connectivity index (χ1) is 14.4. The lowest BCUT2D eigenvalue weighted by Crippen LogP contribution is -2.00. The van der Waals surface area contributed by atoms with Gasteiger partial charge in [0, 0.05) is 35.3 Å². The predicted octanol–water partition coefficient (Wildman–Crippen LogP) is 5.76. The molecule has 0 N–H and O–H groups in total. The number of aromatic nitrogens is 4. The van der Waals surface area contributed by atoms with E-state index in [1.165, 1.54) is 12.8 Å². The van der Waals surface area contributed by atoms with Crippen LogP contribution in [0.1, 0.15) is 24.4 Å². The molecular weight excluding hydrogens is 380 g/mol. The summed E-state index contributed by atoms with van der Waals surface area (Å²) in [6.07, 6.45) is 5.97. The Hall–Kier alpha value is -3.12. The van der Waals surface area contributed by atoms with Crippen LogP contribution in [0.3, 0.4) is 0 Å². The zero-order chi connectivity index (χ0) is 19.5. The number of hydrogen-bond acceptors (Lipinski definition) is 5. The molecule has 0 spiro atoms. The Balaban J connectivity index is 1.38. The second-order valence-corrected chi connectivity index (χ2v) is 7.90. The van der Waals surface area contributed by atoms with Gasteiger partial charge in [-0.1, -0.05) is 48.2 Å². The number of thioether (sulfide) groups is 1. The Kier molecular flexibility index (Phi) is 5.01. The van der Waals surface area contributed by atoms with E-state index in [0.29, 0.717) is 6.04 Å². The Labute approximate surface area is 173 Å². The van der Waals surface area contributed by atoms with Crippen molar-refractivity contribution in [3.8, 4) is 22.9 Å². The van der Waals surface area contributed by atoms with Gasteiger partial charge in [0.25, 0.3) is 0 Å². The van der Waals surface area contributed by atoms with Crippen LogP contribution in [0, 0.1) is 0 Å². The van der Waals surface area contributed by atoms with Crippen molar-refractivity contribution >= 4 is 11.8 Å². The molecule has 29 heavy (non-hydrogen) atoms. The monoisotopic (exact) mass is 400 g/mol. The molecule has 144 valence electrons. The zero-order valence-electron chi connectivity index (χ0n) is 15.8. The van der Waals surface area contributed by atoms with Crippen LogP contribution < -0.4 is 4.74 Å². The maximum atomic E-state index is 6.10. The number of benzene rings is 2. The van der Waals surface area contributed by atoms with Crippen molar-refractivity contribution in [3.63, 3.8) is 0 Å². The van der Waals surface area contributed by atoms with Crippen LogP contribution in [-0.2, 0) is 5.75 Å². The molecule has 6 heteroatoms. The van der Waals surface area contributed by atoms with Crippen molar-refractivity contribution in [3.05, 3.63) is 84.7 Å². The van der Waals surface area contributed by atoms with E-state index in [1.807, 2.05) is 66.9 Å². The highest BCUT2D eigenvalue weighted by Crippen LogP contribution is 2.42. The van der Waals surface area contributed by atoms with Crippen LogP contribution in [0.25, 0.3) is 11.4 Å². The third-order valence-electron chi connectivity index (χ3n) is 4.80. The Morgan fingerprint density at radius 3 is 2.55 bits per heavy atom. The van der Waals surface area contributed by atoms with E-state index in [4.69, 9.17) is 4.74 Å². The molecule has 0 amide bonds. The van der Waals surface area contributed by atoms with Crippen molar-refractivity contribution < 1.29 is 4.74 Å². The number of pyridine rings is 1. The van der Waals surface area contributed by atoms with Gasteiger partial charge in [-0.25, -0.2) is 0 Å².